The maximum atomic E-state index is 12.6. The first-order valence-corrected chi connectivity index (χ1v) is 10.1. The van der Waals surface area contributed by atoms with Crippen LogP contribution in [0, 0.1) is 0 Å². The van der Waals surface area contributed by atoms with Gasteiger partial charge in [-0.05, 0) is 55.0 Å². The molecule has 1 aliphatic carbocycles. The number of hydrogen-bond acceptors (Lipinski definition) is 5. The smallest absolute Gasteiger partial charge is 0.406 e. The lowest BCUT2D eigenvalue weighted by molar-refractivity contribution is -0.274. The number of carbonyl (C=O) groups is 1. The number of carbonyl (C=O) groups excluding carboxylic acids is 1. The van der Waals surface area contributed by atoms with E-state index in [2.05, 4.69) is 25.9 Å². The topological polar surface area (TPSA) is 58.6 Å². The van der Waals surface area contributed by atoms with Crippen molar-refractivity contribution < 1.29 is 22.7 Å². The highest BCUT2D eigenvalue weighted by Gasteiger charge is 2.31. The summed E-state index contributed by atoms with van der Waals surface area (Å²) in [4.78, 5) is 16.5. The molecule has 1 saturated heterocycles. The Kier molecular flexibility index (Phi) is 5.78. The maximum absolute atomic E-state index is 12.6. The van der Waals surface area contributed by atoms with Crippen LogP contribution in [0.4, 0.5) is 19.0 Å². The van der Waals surface area contributed by atoms with Crippen molar-refractivity contribution in [2.45, 2.75) is 38.5 Å². The summed E-state index contributed by atoms with van der Waals surface area (Å²) in [6.07, 6.45) is -0.189. The van der Waals surface area contributed by atoms with Gasteiger partial charge >= 0.3 is 6.36 Å². The summed E-state index contributed by atoms with van der Waals surface area (Å²) in [6.45, 7) is 2.51. The highest BCUT2D eigenvalue weighted by Crippen LogP contribution is 2.24. The number of anilines is 1. The number of benzene rings is 1. The van der Waals surface area contributed by atoms with Crippen molar-refractivity contribution in [3.8, 4) is 5.75 Å². The number of halogens is 3. The first-order valence-electron chi connectivity index (χ1n) is 10.1. The number of nitrogens with zero attached hydrogens (tertiary/aromatic N) is 4. The molecule has 1 aromatic heterocycles. The van der Waals surface area contributed by atoms with E-state index in [-0.39, 0.29) is 18.1 Å². The number of piperazine rings is 1. The Bertz CT molecular complexity index is 894. The van der Waals surface area contributed by atoms with Crippen molar-refractivity contribution in [1.29, 1.82) is 0 Å². The number of aryl methyl sites for hydroxylation is 2. The molecule has 6 nitrogen and oxygen atoms in total. The molecule has 1 fully saturated rings. The van der Waals surface area contributed by atoms with Gasteiger partial charge in [0.05, 0.1) is 12.1 Å². The van der Waals surface area contributed by atoms with Crippen molar-refractivity contribution >= 4 is 11.7 Å². The Morgan fingerprint density at radius 3 is 2.40 bits per heavy atom. The molecule has 30 heavy (non-hydrogen) atoms. The van der Waals surface area contributed by atoms with E-state index in [0.717, 1.165) is 24.4 Å². The van der Waals surface area contributed by atoms with Gasteiger partial charge in [-0.25, -0.2) is 0 Å². The zero-order chi connectivity index (χ0) is 21.1. The molecule has 1 amide bonds. The molecular weight excluding hydrogens is 397 g/mol. The Morgan fingerprint density at radius 2 is 1.70 bits per heavy atom. The summed E-state index contributed by atoms with van der Waals surface area (Å²) < 4.78 is 40.6. The van der Waals surface area contributed by atoms with E-state index in [1.54, 1.807) is 4.90 Å². The fraction of sp³-hybridized carbons (Fsp3) is 0.476. The maximum Gasteiger partial charge on any atom is 0.573 e. The van der Waals surface area contributed by atoms with Gasteiger partial charge in [0, 0.05) is 26.2 Å². The van der Waals surface area contributed by atoms with Gasteiger partial charge in [0.1, 0.15) is 5.75 Å². The summed E-state index contributed by atoms with van der Waals surface area (Å²) >= 11 is 0. The Labute approximate surface area is 172 Å². The van der Waals surface area contributed by atoms with Crippen molar-refractivity contribution in [2.75, 3.05) is 31.1 Å². The van der Waals surface area contributed by atoms with Crippen LogP contribution in [0.15, 0.2) is 30.3 Å². The van der Waals surface area contributed by atoms with E-state index in [1.165, 1.54) is 42.7 Å². The molecular formula is C21H23F3N4O2. The third kappa shape index (κ3) is 5.01. The van der Waals surface area contributed by atoms with Crippen LogP contribution < -0.4 is 9.64 Å². The number of rotatable bonds is 4. The van der Waals surface area contributed by atoms with E-state index in [0.29, 0.717) is 31.7 Å². The lowest BCUT2D eigenvalue weighted by Gasteiger charge is -2.35. The molecule has 0 bridgehead atoms. The second-order valence-electron chi connectivity index (χ2n) is 7.62. The van der Waals surface area contributed by atoms with E-state index in [9.17, 15) is 18.0 Å². The van der Waals surface area contributed by atoms with Gasteiger partial charge in [0.2, 0.25) is 5.91 Å². The number of ether oxygens (including phenoxy) is 1. The lowest BCUT2D eigenvalue weighted by Crippen LogP contribution is -2.49. The van der Waals surface area contributed by atoms with Crippen LogP contribution in [0.1, 0.15) is 29.7 Å². The van der Waals surface area contributed by atoms with E-state index >= 15 is 0 Å². The van der Waals surface area contributed by atoms with Gasteiger partial charge in [0.25, 0.3) is 0 Å². The zero-order valence-electron chi connectivity index (χ0n) is 16.5. The molecule has 160 valence electrons. The van der Waals surface area contributed by atoms with Gasteiger partial charge < -0.3 is 14.5 Å². The Hall–Kier alpha value is -2.84. The van der Waals surface area contributed by atoms with Crippen LogP contribution in [0.5, 0.6) is 5.75 Å². The summed E-state index contributed by atoms with van der Waals surface area (Å²) in [5.41, 5.74) is 3.03. The number of hydrogen-bond donors (Lipinski definition) is 0. The molecule has 2 aliphatic rings. The fourth-order valence-corrected chi connectivity index (χ4v) is 3.91. The van der Waals surface area contributed by atoms with Crippen molar-refractivity contribution in [3.63, 3.8) is 0 Å². The quantitative estimate of drug-likeness (QED) is 0.761. The number of aromatic nitrogens is 2. The summed E-state index contributed by atoms with van der Waals surface area (Å²) in [6, 6.07) is 7.55. The van der Waals surface area contributed by atoms with E-state index in [4.69, 9.17) is 0 Å². The van der Waals surface area contributed by atoms with E-state index < -0.39 is 6.36 Å². The van der Waals surface area contributed by atoms with Crippen LogP contribution in [0.3, 0.4) is 0 Å². The molecule has 0 spiro atoms. The average Bonchev–Trinajstić information content (AvgIpc) is 2.74. The minimum Gasteiger partial charge on any atom is -0.406 e. The van der Waals surface area contributed by atoms with Crippen LogP contribution in [0.2, 0.25) is 0 Å². The van der Waals surface area contributed by atoms with Crippen LogP contribution in [-0.4, -0.2) is 53.5 Å². The number of alkyl halides is 3. The molecule has 4 rings (SSSR count). The molecule has 0 N–H and O–H groups in total. The average molecular weight is 420 g/mol. The third-order valence-corrected chi connectivity index (χ3v) is 5.53. The second-order valence-corrected chi connectivity index (χ2v) is 7.62. The van der Waals surface area contributed by atoms with Gasteiger partial charge in [0.15, 0.2) is 5.82 Å². The van der Waals surface area contributed by atoms with Gasteiger partial charge in [-0.3, -0.25) is 4.79 Å². The molecule has 9 heteroatoms. The Balaban J connectivity index is 1.30. The summed E-state index contributed by atoms with van der Waals surface area (Å²) in [5, 5.41) is 8.75. The molecule has 0 unspecified atom stereocenters. The molecule has 0 saturated carbocycles. The van der Waals surface area contributed by atoms with Gasteiger partial charge in [-0.1, -0.05) is 12.1 Å². The van der Waals surface area contributed by atoms with Gasteiger partial charge in [-0.15, -0.1) is 18.3 Å². The van der Waals surface area contributed by atoms with Gasteiger partial charge in [-0.2, -0.15) is 5.10 Å². The predicted octanol–water partition coefficient (Wildman–Crippen LogP) is 3.15. The molecule has 0 atom stereocenters. The predicted molar refractivity (Wildman–Crippen MR) is 104 cm³/mol. The first-order chi connectivity index (χ1) is 14.4. The SMILES string of the molecule is O=C(Cc1ccc(OC(F)(F)F)cc1)N1CCN(c2cc3c(nn2)CCCC3)CC1. The minimum absolute atomic E-state index is 0.0457. The monoisotopic (exact) mass is 420 g/mol. The largest absolute Gasteiger partial charge is 0.573 e. The molecule has 0 radical (unpaired) electrons. The third-order valence-electron chi connectivity index (χ3n) is 5.53. The lowest BCUT2D eigenvalue weighted by atomic mass is 9.97. The second kappa shape index (κ2) is 8.49. The highest BCUT2D eigenvalue weighted by molar-refractivity contribution is 5.79. The Morgan fingerprint density at radius 1 is 1.00 bits per heavy atom. The van der Waals surface area contributed by atoms with Crippen LogP contribution in [-0.2, 0) is 24.1 Å². The zero-order valence-corrected chi connectivity index (χ0v) is 16.5. The van der Waals surface area contributed by atoms with Crippen molar-refractivity contribution in [2.24, 2.45) is 0 Å². The standard InChI is InChI=1S/C21H23F3N4O2/c22-21(23,24)30-17-7-5-15(6-8-17)13-20(29)28-11-9-27(10-12-28)19-14-16-3-1-2-4-18(16)25-26-19/h5-8,14H,1-4,9-13H2. The highest BCUT2D eigenvalue weighted by atomic mass is 19.4. The summed E-state index contributed by atoms with van der Waals surface area (Å²) in [7, 11) is 0. The molecule has 1 aromatic carbocycles. The first kappa shape index (κ1) is 20.4. The fourth-order valence-electron chi connectivity index (χ4n) is 3.91. The number of fused-ring (bicyclic) bond motifs is 1. The molecule has 2 aromatic rings. The number of amides is 1. The normalized spacial score (nSPS) is 16.9. The molecule has 1 aliphatic heterocycles. The molecule has 2 heterocycles. The minimum atomic E-state index is -4.72. The summed E-state index contributed by atoms with van der Waals surface area (Å²) in [5.74, 6) is 0.525. The van der Waals surface area contributed by atoms with Crippen LogP contribution >= 0.6 is 0 Å². The van der Waals surface area contributed by atoms with Crippen molar-refractivity contribution in [1.82, 2.24) is 15.1 Å². The van der Waals surface area contributed by atoms with Crippen molar-refractivity contribution in [3.05, 3.63) is 47.2 Å². The van der Waals surface area contributed by atoms with Crippen LogP contribution in [0.25, 0.3) is 0 Å². The van der Waals surface area contributed by atoms with E-state index in [1.807, 2.05) is 0 Å².